The lowest BCUT2D eigenvalue weighted by atomic mass is 9.48. The van der Waals surface area contributed by atoms with Gasteiger partial charge in [0.15, 0.2) is 0 Å². The summed E-state index contributed by atoms with van der Waals surface area (Å²) in [6.07, 6.45) is 13.0. The summed E-state index contributed by atoms with van der Waals surface area (Å²) in [5.41, 5.74) is 2.07. The molecule has 5 heteroatoms. The number of hydrogen-bond donors (Lipinski definition) is 2. The first-order valence-electron chi connectivity index (χ1n) is 10.2. The number of pyridine rings is 1. The Labute approximate surface area is 161 Å². The lowest BCUT2D eigenvalue weighted by Gasteiger charge is -2.57. The van der Waals surface area contributed by atoms with E-state index in [0.717, 1.165) is 17.8 Å². The molecule has 4 bridgehead atoms. The molecule has 0 radical (unpaired) electrons. The van der Waals surface area contributed by atoms with Crippen molar-refractivity contribution < 1.29 is 9.59 Å². The number of aromatic nitrogens is 1. The number of hydrogen-bond acceptors (Lipinski definition) is 3. The van der Waals surface area contributed by atoms with Gasteiger partial charge in [-0.05, 0) is 80.8 Å². The third-order valence-corrected chi connectivity index (χ3v) is 6.86. The third kappa shape index (κ3) is 3.92. The van der Waals surface area contributed by atoms with Gasteiger partial charge in [0.05, 0.1) is 5.56 Å². The number of allylic oxidation sites excluding steroid dienone is 1. The average molecular weight is 367 g/mol. The van der Waals surface area contributed by atoms with Crippen molar-refractivity contribution >= 4 is 11.8 Å². The van der Waals surface area contributed by atoms with E-state index in [2.05, 4.69) is 22.5 Å². The van der Waals surface area contributed by atoms with Gasteiger partial charge in [0, 0.05) is 31.6 Å². The largest absolute Gasteiger partial charge is 0.351 e. The lowest BCUT2D eigenvalue weighted by molar-refractivity contribution is -0.116. The summed E-state index contributed by atoms with van der Waals surface area (Å²) in [6, 6.07) is 3.45. The van der Waals surface area contributed by atoms with E-state index in [1.165, 1.54) is 50.3 Å². The van der Waals surface area contributed by atoms with Gasteiger partial charge in [-0.15, -0.1) is 0 Å². The molecule has 0 saturated heterocycles. The van der Waals surface area contributed by atoms with Crippen LogP contribution in [0.25, 0.3) is 0 Å². The van der Waals surface area contributed by atoms with Crippen molar-refractivity contribution in [3.63, 3.8) is 0 Å². The summed E-state index contributed by atoms with van der Waals surface area (Å²) in [4.78, 5) is 28.2. The van der Waals surface area contributed by atoms with Crippen LogP contribution in [0, 0.1) is 23.2 Å². The minimum Gasteiger partial charge on any atom is -0.351 e. The summed E-state index contributed by atoms with van der Waals surface area (Å²) in [5, 5.41) is 5.71. The number of nitrogens with zero attached hydrogens (tertiary/aromatic N) is 1. The number of carbonyl (C=O) groups excluding carboxylic acids is 2. The Bertz CT molecular complexity index is 706. The predicted molar refractivity (Wildman–Crippen MR) is 104 cm³/mol. The van der Waals surface area contributed by atoms with Gasteiger partial charge in [-0.1, -0.05) is 5.57 Å². The molecule has 5 rings (SSSR count). The predicted octanol–water partition coefficient (Wildman–Crippen LogP) is 3.09. The van der Waals surface area contributed by atoms with Gasteiger partial charge >= 0.3 is 0 Å². The standard InChI is InChI=1S/C22H29N3O2/c1-15(22-11-16-8-17(12-22)10-18(9-16)13-22)7-20(26)24-5-6-25-21(27)19-3-2-4-23-14-19/h2-4,7,14,16-18H,5-6,8-13H2,1H3,(H,24,26)(H,25,27)/b15-7-. The fourth-order valence-corrected chi connectivity index (χ4v) is 5.96. The Hall–Kier alpha value is -2.17. The molecule has 0 spiro atoms. The van der Waals surface area contributed by atoms with E-state index in [1.54, 1.807) is 18.3 Å². The molecule has 1 aromatic rings. The molecule has 1 aromatic heterocycles. The minimum atomic E-state index is -0.169. The zero-order valence-electron chi connectivity index (χ0n) is 16.0. The Morgan fingerprint density at radius 1 is 1.11 bits per heavy atom. The van der Waals surface area contributed by atoms with E-state index in [1.807, 2.05) is 6.08 Å². The van der Waals surface area contributed by atoms with Crippen molar-refractivity contribution in [3.8, 4) is 0 Å². The number of nitrogens with one attached hydrogen (secondary N) is 2. The monoisotopic (exact) mass is 367 g/mol. The molecule has 0 aliphatic heterocycles. The second-order valence-electron chi connectivity index (χ2n) is 8.81. The van der Waals surface area contributed by atoms with E-state index >= 15 is 0 Å². The molecule has 0 unspecified atom stereocenters. The first kappa shape index (κ1) is 18.2. The van der Waals surface area contributed by atoms with E-state index in [0.29, 0.717) is 18.7 Å². The van der Waals surface area contributed by atoms with Crippen LogP contribution in [-0.2, 0) is 4.79 Å². The van der Waals surface area contributed by atoms with Crippen LogP contribution in [-0.4, -0.2) is 29.9 Å². The normalized spacial score (nSPS) is 31.6. The maximum atomic E-state index is 12.4. The second-order valence-corrected chi connectivity index (χ2v) is 8.81. The minimum absolute atomic E-state index is 0.0427. The summed E-state index contributed by atoms with van der Waals surface area (Å²) < 4.78 is 0. The molecule has 1 heterocycles. The molecular formula is C22H29N3O2. The van der Waals surface area contributed by atoms with Crippen LogP contribution in [0.15, 0.2) is 36.2 Å². The molecule has 5 nitrogen and oxygen atoms in total. The topological polar surface area (TPSA) is 71.1 Å². The van der Waals surface area contributed by atoms with Crippen molar-refractivity contribution in [3.05, 3.63) is 41.7 Å². The van der Waals surface area contributed by atoms with Gasteiger partial charge in [0.1, 0.15) is 0 Å². The van der Waals surface area contributed by atoms with Crippen molar-refractivity contribution in [2.24, 2.45) is 23.2 Å². The second kappa shape index (κ2) is 7.45. The van der Waals surface area contributed by atoms with Gasteiger partial charge in [0.25, 0.3) is 5.91 Å². The van der Waals surface area contributed by atoms with Crippen molar-refractivity contribution in [1.82, 2.24) is 15.6 Å². The van der Waals surface area contributed by atoms with Crippen molar-refractivity contribution in [1.29, 1.82) is 0 Å². The van der Waals surface area contributed by atoms with Gasteiger partial charge in [-0.2, -0.15) is 0 Å². The number of amides is 2. The first-order valence-corrected chi connectivity index (χ1v) is 10.2. The molecule has 144 valence electrons. The Balaban J connectivity index is 1.26. The molecule has 27 heavy (non-hydrogen) atoms. The molecule has 2 amide bonds. The molecule has 4 aliphatic carbocycles. The Kier molecular flexibility index (Phi) is 5.02. The molecule has 0 atom stereocenters. The summed E-state index contributed by atoms with van der Waals surface area (Å²) in [6.45, 7) is 2.98. The van der Waals surface area contributed by atoms with Crippen LogP contribution in [0.2, 0.25) is 0 Å². The van der Waals surface area contributed by atoms with E-state index in [4.69, 9.17) is 0 Å². The molecular weight excluding hydrogens is 338 g/mol. The van der Waals surface area contributed by atoms with Crippen molar-refractivity contribution in [2.45, 2.75) is 45.4 Å². The number of carbonyl (C=O) groups is 2. The average Bonchev–Trinajstić information content (AvgIpc) is 2.64. The van der Waals surface area contributed by atoms with Gasteiger partial charge in [-0.25, -0.2) is 0 Å². The van der Waals surface area contributed by atoms with Gasteiger partial charge in [-0.3, -0.25) is 14.6 Å². The Morgan fingerprint density at radius 2 is 1.74 bits per heavy atom. The summed E-state index contributed by atoms with van der Waals surface area (Å²) in [5.74, 6) is 2.43. The van der Waals surface area contributed by atoms with Crippen LogP contribution >= 0.6 is 0 Å². The van der Waals surface area contributed by atoms with Crippen LogP contribution in [0.5, 0.6) is 0 Å². The van der Waals surface area contributed by atoms with Crippen LogP contribution < -0.4 is 10.6 Å². The van der Waals surface area contributed by atoms with Crippen LogP contribution in [0.3, 0.4) is 0 Å². The van der Waals surface area contributed by atoms with E-state index in [-0.39, 0.29) is 17.2 Å². The maximum Gasteiger partial charge on any atom is 0.252 e. The van der Waals surface area contributed by atoms with Crippen LogP contribution in [0.1, 0.15) is 55.8 Å². The summed E-state index contributed by atoms with van der Waals surface area (Å²) in [7, 11) is 0. The number of rotatable bonds is 6. The van der Waals surface area contributed by atoms with Gasteiger partial charge in [0.2, 0.25) is 5.91 Å². The van der Waals surface area contributed by atoms with E-state index < -0.39 is 0 Å². The highest BCUT2D eigenvalue weighted by Crippen LogP contribution is 2.62. The van der Waals surface area contributed by atoms with E-state index in [9.17, 15) is 9.59 Å². The van der Waals surface area contributed by atoms with Crippen LogP contribution in [0.4, 0.5) is 0 Å². The zero-order valence-corrected chi connectivity index (χ0v) is 16.0. The molecule has 4 fully saturated rings. The zero-order chi connectivity index (χ0) is 18.9. The lowest BCUT2D eigenvalue weighted by Crippen LogP contribution is -2.46. The highest BCUT2D eigenvalue weighted by atomic mass is 16.2. The quantitative estimate of drug-likeness (QED) is 0.599. The van der Waals surface area contributed by atoms with Gasteiger partial charge < -0.3 is 10.6 Å². The fraction of sp³-hybridized carbons (Fsp3) is 0.591. The summed E-state index contributed by atoms with van der Waals surface area (Å²) >= 11 is 0. The molecule has 2 N–H and O–H groups in total. The highest BCUT2D eigenvalue weighted by Gasteiger charge is 2.51. The van der Waals surface area contributed by atoms with Crippen molar-refractivity contribution in [2.75, 3.05) is 13.1 Å². The fourth-order valence-electron chi connectivity index (χ4n) is 5.96. The smallest absolute Gasteiger partial charge is 0.252 e. The SMILES string of the molecule is C/C(=C/C(=O)NCCNC(=O)c1cccnc1)C12CC3CC(CC(C3)C1)C2. The third-order valence-electron chi connectivity index (χ3n) is 6.86. The molecule has 0 aromatic carbocycles. The molecule has 4 saturated carbocycles. The maximum absolute atomic E-state index is 12.4. The first-order chi connectivity index (χ1) is 13.0. The molecule has 4 aliphatic rings. The highest BCUT2D eigenvalue weighted by molar-refractivity contribution is 5.93. The Morgan fingerprint density at radius 3 is 2.33 bits per heavy atom.